The molecule has 2 aliphatic heterocycles. The van der Waals surface area contributed by atoms with Crippen LogP contribution in [0.4, 0.5) is 0 Å². The molecule has 0 spiro atoms. The number of esters is 1. The molecule has 0 saturated carbocycles. The number of ether oxygens (including phenoxy) is 1. The second-order valence-electron chi connectivity index (χ2n) is 9.12. The van der Waals surface area contributed by atoms with Crippen molar-refractivity contribution in [3.05, 3.63) is 88.4 Å². The van der Waals surface area contributed by atoms with Gasteiger partial charge in [0.1, 0.15) is 5.60 Å². The minimum Gasteiger partial charge on any atom is -0.456 e. The van der Waals surface area contributed by atoms with Gasteiger partial charge in [0.05, 0.1) is 23.7 Å². The SMILES string of the molecule is CC1=C(C(=O)OC(C)(C)C)[C@H](c2ccccc2)N2C(CC(=O)NCc3cccnc3)=CSC2=N1. The Morgan fingerprint density at radius 1 is 1.15 bits per heavy atom. The number of carbonyl (C=O) groups is 2. The first-order valence-electron chi connectivity index (χ1n) is 11.1. The van der Waals surface area contributed by atoms with Crippen LogP contribution < -0.4 is 5.32 Å². The van der Waals surface area contributed by atoms with E-state index in [1.54, 1.807) is 12.4 Å². The number of nitrogens with zero attached hydrogens (tertiary/aromatic N) is 3. The first-order chi connectivity index (χ1) is 16.2. The molecule has 34 heavy (non-hydrogen) atoms. The summed E-state index contributed by atoms with van der Waals surface area (Å²) in [6.45, 7) is 7.77. The van der Waals surface area contributed by atoms with E-state index in [0.29, 0.717) is 17.8 Å². The molecule has 3 heterocycles. The van der Waals surface area contributed by atoms with Crippen molar-refractivity contribution in [3.8, 4) is 0 Å². The zero-order valence-electron chi connectivity index (χ0n) is 19.7. The van der Waals surface area contributed by atoms with Crippen molar-refractivity contribution < 1.29 is 14.3 Å². The van der Waals surface area contributed by atoms with Crippen molar-refractivity contribution >= 4 is 28.8 Å². The lowest BCUT2D eigenvalue weighted by molar-refractivity contribution is -0.150. The molecule has 0 unspecified atom stereocenters. The van der Waals surface area contributed by atoms with Crippen LogP contribution in [0.5, 0.6) is 0 Å². The van der Waals surface area contributed by atoms with Gasteiger partial charge >= 0.3 is 5.97 Å². The van der Waals surface area contributed by atoms with Crippen LogP contribution >= 0.6 is 11.8 Å². The van der Waals surface area contributed by atoms with Gasteiger partial charge in [0.25, 0.3) is 0 Å². The number of amides is 1. The van der Waals surface area contributed by atoms with Crippen molar-refractivity contribution in [2.45, 2.75) is 52.3 Å². The first kappa shape index (κ1) is 23.8. The maximum atomic E-state index is 13.3. The Morgan fingerprint density at radius 3 is 2.59 bits per heavy atom. The van der Waals surface area contributed by atoms with Crippen LogP contribution in [-0.4, -0.2) is 32.5 Å². The maximum absolute atomic E-state index is 13.3. The summed E-state index contributed by atoms with van der Waals surface area (Å²) in [5.74, 6) is -0.521. The molecule has 1 aromatic heterocycles. The average Bonchev–Trinajstić information content (AvgIpc) is 3.18. The van der Waals surface area contributed by atoms with Gasteiger partial charge in [-0.15, -0.1) is 0 Å². The van der Waals surface area contributed by atoms with E-state index in [-0.39, 0.29) is 12.3 Å². The summed E-state index contributed by atoms with van der Waals surface area (Å²) in [6.07, 6.45) is 3.59. The van der Waals surface area contributed by atoms with Crippen LogP contribution in [0.25, 0.3) is 0 Å². The largest absolute Gasteiger partial charge is 0.456 e. The molecule has 4 rings (SSSR count). The molecule has 1 amide bonds. The molecule has 1 aromatic carbocycles. The maximum Gasteiger partial charge on any atom is 0.338 e. The predicted octanol–water partition coefficient (Wildman–Crippen LogP) is 4.70. The summed E-state index contributed by atoms with van der Waals surface area (Å²) >= 11 is 1.46. The Hall–Kier alpha value is -3.39. The predicted molar refractivity (Wildman–Crippen MR) is 133 cm³/mol. The third kappa shape index (κ3) is 5.39. The lowest BCUT2D eigenvalue weighted by Crippen LogP contribution is -2.39. The fourth-order valence-electron chi connectivity index (χ4n) is 3.84. The van der Waals surface area contributed by atoms with E-state index in [4.69, 9.17) is 9.73 Å². The summed E-state index contributed by atoms with van der Waals surface area (Å²) in [5, 5.41) is 5.63. The number of fused-ring (bicyclic) bond motifs is 1. The molecule has 1 N–H and O–H groups in total. The molecular formula is C26H28N4O3S. The van der Waals surface area contributed by atoms with Crippen LogP contribution in [0.15, 0.2) is 82.2 Å². The summed E-state index contributed by atoms with van der Waals surface area (Å²) in [4.78, 5) is 36.9. The standard InChI is InChI=1S/C26H28N4O3S/c1-17-22(24(32)33-26(2,3)4)23(19-10-6-5-7-11-19)30-20(16-34-25(30)29-17)13-21(31)28-15-18-9-8-12-27-14-18/h5-12,14,16,23H,13,15H2,1-4H3,(H,28,31)/t23-/m0/s1. The van der Waals surface area contributed by atoms with Gasteiger partial charge in [-0.1, -0.05) is 48.2 Å². The highest BCUT2D eigenvalue weighted by Gasteiger charge is 2.41. The van der Waals surface area contributed by atoms with E-state index in [9.17, 15) is 9.59 Å². The second-order valence-corrected chi connectivity index (χ2v) is 9.96. The van der Waals surface area contributed by atoms with Gasteiger partial charge in [-0.2, -0.15) is 0 Å². The Bertz CT molecular complexity index is 1170. The van der Waals surface area contributed by atoms with Crippen molar-refractivity contribution in [2.75, 3.05) is 0 Å². The topological polar surface area (TPSA) is 83.9 Å². The molecule has 0 bridgehead atoms. The van der Waals surface area contributed by atoms with Gasteiger partial charge in [-0.05, 0) is 50.3 Å². The fourth-order valence-corrected chi connectivity index (χ4v) is 4.81. The number of thioether (sulfide) groups is 1. The normalized spacial score (nSPS) is 17.6. The molecule has 8 heteroatoms. The number of allylic oxidation sites excluding steroid dienone is 1. The smallest absolute Gasteiger partial charge is 0.338 e. The third-order valence-corrected chi connectivity index (χ3v) is 6.18. The van der Waals surface area contributed by atoms with E-state index in [2.05, 4.69) is 10.3 Å². The van der Waals surface area contributed by atoms with E-state index in [0.717, 1.165) is 22.0 Å². The Balaban J connectivity index is 1.61. The molecular weight excluding hydrogens is 448 g/mol. The summed E-state index contributed by atoms with van der Waals surface area (Å²) < 4.78 is 5.75. The minimum absolute atomic E-state index is 0.117. The van der Waals surface area contributed by atoms with Gasteiger partial charge in [-0.3, -0.25) is 9.78 Å². The number of carbonyl (C=O) groups excluding carboxylic acids is 2. The van der Waals surface area contributed by atoms with Crippen LogP contribution in [0.3, 0.4) is 0 Å². The van der Waals surface area contributed by atoms with Gasteiger partial charge in [0, 0.05) is 24.6 Å². The summed E-state index contributed by atoms with van der Waals surface area (Å²) in [7, 11) is 0. The van der Waals surface area contributed by atoms with Crippen LogP contribution in [-0.2, 0) is 20.9 Å². The second kappa shape index (κ2) is 9.85. The van der Waals surface area contributed by atoms with Crippen molar-refractivity contribution in [1.82, 2.24) is 15.2 Å². The monoisotopic (exact) mass is 476 g/mol. The lowest BCUT2D eigenvalue weighted by atomic mass is 9.93. The fraction of sp³-hybridized carbons (Fsp3) is 0.308. The van der Waals surface area contributed by atoms with Crippen molar-refractivity contribution in [1.29, 1.82) is 0 Å². The third-order valence-electron chi connectivity index (χ3n) is 5.29. The highest BCUT2D eigenvalue weighted by atomic mass is 32.2. The number of amidine groups is 1. The van der Waals surface area contributed by atoms with E-state index >= 15 is 0 Å². The quantitative estimate of drug-likeness (QED) is 0.608. The number of aliphatic imine (C=N–C) groups is 1. The number of hydrogen-bond donors (Lipinski definition) is 1. The Labute approximate surface area is 204 Å². The van der Waals surface area contributed by atoms with Crippen LogP contribution in [0, 0.1) is 0 Å². The van der Waals surface area contributed by atoms with Gasteiger partial charge in [0.2, 0.25) is 5.91 Å². The number of rotatable bonds is 6. The number of hydrogen-bond acceptors (Lipinski definition) is 7. The molecule has 0 radical (unpaired) electrons. The number of benzene rings is 1. The van der Waals surface area contributed by atoms with Crippen molar-refractivity contribution in [2.24, 2.45) is 4.99 Å². The lowest BCUT2D eigenvalue weighted by Gasteiger charge is -2.37. The Kier molecular flexibility index (Phi) is 6.88. The van der Waals surface area contributed by atoms with E-state index in [1.807, 2.05) is 80.5 Å². The van der Waals surface area contributed by atoms with Gasteiger partial charge < -0.3 is 15.0 Å². The molecule has 0 fully saturated rings. The molecule has 176 valence electrons. The van der Waals surface area contributed by atoms with E-state index < -0.39 is 17.6 Å². The highest BCUT2D eigenvalue weighted by molar-refractivity contribution is 8.16. The van der Waals surface area contributed by atoms with Gasteiger partial charge in [0.15, 0.2) is 5.17 Å². The first-order valence-corrected chi connectivity index (χ1v) is 12.0. The molecule has 0 saturated heterocycles. The van der Waals surface area contributed by atoms with Crippen molar-refractivity contribution in [3.63, 3.8) is 0 Å². The van der Waals surface area contributed by atoms with Crippen LogP contribution in [0.2, 0.25) is 0 Å². The molecule has 2 aromatic rings. The molecule has 1 atom stereocenters. The molecule has 7 nitrogen and oxygen atoms in total. The minimum atomic E-state index is -0.639. The highest BCUT2D eigenvalue weighted by Crippen LogP contribution is 2.45. The summed E-state index contributed by atoms with van der Waals surface area (Å²) in [6, 6.07) is 13.1. The summed E-state index contributed by atoms with van der Waals surface area (Å²) in [5.41, 5.74) is 3.11. The van der Waals surface area contributed by atoms with Gasteiger partial charge in [-0.25, -0.2) is 9.79 Å². The average molecular weight is 477 g/mol. The number of pyridine rings is 1. The molecule has 0 aliphatic carbocycles. The molecule has 2 aliphatic rings. The number of nitrogens with one attached hydrogen (secondary N) is 1. The van der Waals surface area contributed by atoms with Crippen LogP contribution in [0.1, 0.15) is 51.3 Å². The zero-order chi connectivity index (χ0) is 24.3. The zero-order valence-corrected chi connectivity index (χ0v) is 20.6. The Morgan fingerprint density at radius 2 is 1.91 bits per heavy atom. The van der Waals surface area contributed by atoms with E-state index in [1.165, 1.54) is 11.8 Å². The number of aromatic nitrogens is 1.